The van der Waals surface area contributed by atoms with Gasteiger partial charge in [0, 0.05) is 17.1 Å². The molecule has 0 fully saturated rings. The van der Waals surface area contributed by atoms with Gasteiger partial charge < -0.3 is 10.6 Å². The van der Waals surface area contributed by atoms with Crippen LogP contribution in [0.3, 0.4) is 0 Å². The molecule has 126 valence electrons. The molecule has 0 bridgehead atoms. The number of hydrogen-bond donors (Lipinski definition) is 2. The standard InChI is InChI=1S/C18H21N3O2S/c1-12(2)20-17(22)11-24-15-7-5-4-6-14(15)18(23)21-16-9-8-13(3)10-19-16/h4-10,12H,11H2,1-3H3,(H,20,22)(H,19,21,23). The van der Waals surface area contributed by atoms with Crippen LogP contribution in [-0.2, 0) is 4.79 Å². The van der Waals surface area contributed by atoms with Crippen LogP contribution in [0.25, 0.3) is 0 Å². The number of benzene rings is 1. The van der Waals surface area contributed by atoms with E-state index in [0.29, 0.717) is 11.4 Å². The van der Waals surface area contributed by atoms with Crippen molar-refractivity contribution in [2.45, 2.75) is 31.7 Å². The lowest BCUT2D eigenvalue weighted by molar-refractivity contribution is -0.119. The Kier molecular flexibility index (Phi) is 6.37. The van der Waals surface area contributed by atoms with Gasteiger partial charge in [0.25, 0.3) is 5.91 Å². The molecule has 2 aromatic rings. The van der Waals surface area contributed by atoms with E-state index in [1.54, 1.807) is 24.4 Å². The molecule has 0 saturated carbocycles. The van der Waals surface area contributed by atoms with E-state index < -0.39 is 0 Å². The molecule has 0 atom stereocenters. The first-order chi connectivity index (χ1) is 11.5. The summed E-state index contributed by atoms with van der Waals surface area (Å²) in [4.78, 5) is 29.2. The monoisotopic (exact) mass is 343 g/mol. The zero-order chi connectivity index (χ0) is 17.5. The van der Waals surface area contributed by atoms with Gasteiger partial charge in [-0.15, -0.1) is 11.8 Å². The number of aromatic nitrogens is 1. The molecule has 2 rings (SSSR count). The first-order valence-electron chi connectivity index (χ1n) is 7.71. The van der Waals surface area contributed by atoms with Crippen LogP contribution in [-0.4, -0.2) is 28.6 Å². The molecule has 6 heteroatoms. The van der Waals surface area contributed by atoms with E-state index in [9.17, 15) is 9.59 Å². The molecular weight excluding hydrogens is 322 g/mol. The summed E-state index contributed by atoms with van der Waals surface area (Å²) in [7, 11) is 0. The van der Waals surface area contributed by atoms with Crippen LogP contribution in [0.4, 0.5) is 5.82 Å². The second kappa shape index (κ2) is 8.49. The molecule has 2 amide bonds. The van der Waals surface area contributed by atoms with Crippen LogP contribution in [0.15, 0.2) is 47.5 Å². The van der Waals surface area contributed by atoms with E-state index in [1.165, 1.54) is 11.8 Å². The highest BCUT2D eigenvalue weighted by atomic mass is 32.2. The number of aryl methyl sites for hydroxylation is 1. The van der Waals surface area contributed by atoms with Crippen molar-refractivity contribution in [2.75, 3.05) is 11.1 Å². The van der Waals surface area contributed by atoms with Gasteiger partial charge in [-0.3, -0.25) is 9.59 Å². The van der Waals surface area contributed by atoms with Crippen molar-refractivity contribution in [3.8, 4) is 0 Å². The van der Waals surface area contributed by atoms with Gasteiger partial charge in [-0.2, -0.15) is 0 Å². The van der Waals surface area contributed by atoms with Gasteiger partial charge in [0.2, 0.25) is 5.91 Å². The van der Waals surface area contributed by atoms with Crippen molar-refractivity contribution in [1.29, 1.82) is 0 Å². The van der Waals surface area contributed by atoms with Gasteiger partial charge in [-0.1, -0.05) is 18.2 Å². The maximum Gasteiger partial charge on any atom is 0.257 e. The van der Waals surface area contributed by atoms with E-state index >= 15 is 0 Å². The number of hydrogen-bond acceptors (Lipinski definition) is 4. The predicted molar refractivity (Wildman–Crippen MR) is 97.4 cm³/mol. The van der Waals surface area contributed by atoms with Crippen molar-refractivity contribution < 1.29 is 9.59 Å². The maximum atomic E-state index is 12.5. The number of pyridine rings is 1. The van der Waals surface area contributed by atoms with Crippen LogP contribution in [0, 0.1) is 6.92 Å². The minimum absolute atomic E-state index is 0.0505. The molecule has 0 radical (unpaired) electrons. The zero-order valence-corrected chi connectivity index (χ0v) is 14.8. The third-order valence-electron chi connectivity index (χ3n) is 3.09. The number of carbonyl (C=O) groups is 2. The van der Waals surface area contributed by atoms with Crippen LogP contribution < -0.4 is 10.6 Å². The van der Waals surface area contributed by atoms with Crippen molar-refractivity contribution in [1.82, 2.24) is 10.3 Å². The second-order valence-corrected chi connectivity index (χ2v) is 6.70. The molecular formula is C18H21N3O2S. The number of nitrogens with zero attached hydrogens (tertiary/aromatic N) is 1. The highest BCUT2D eigenvalue weighted by molar-refractivity contribution is 8.00. The first-order valence-corrected chi connectivity index (χ1v) is 8.69. The SMILES string of the molecule is Cc1ccc(NC(=O)c2ccccc2SCC(=O)NC(C)C)nc1. The van der Waals surface area contributed by atoms with E-state index in [0.717, 1.165) is 10.5 Å². The highest BCUT2D eigenvalue weighted by Gasteiger charge is 2.13. The Labute approximate surface area is 146 Å². The average Bonchev–Trinajstić information content (AvgIpc) is 2.54. The zero-order valence-electron chi connectivity index (χ0n) is 14.0. The fourth-order valence-corrected chi connectivity index (χ4v) is 2.87. The van der Waals surface area contributed by atoms with Gasteiger partial charge in [-0.05, 0) is 44.5 Å². The summed E-state index contributed by atoms with van der Waals surface area (Å²) >= 11 is 1.35. The molecule has 5 nitrogen and oxygen atoms in total. The lowest BCUT2D eigenvalue weighted by Crippen LogP contribution is -2.31. The average molecular weight is 343 g/mol. The first kappa shape index (κ1) is 18.0. The molecule has 0 aliphatic heterocycles. The molecule has 24 heavy (non-hydrogen) atoms. The number of amides is 2. The Bertz CT molecular complexity index is 714. The van der Waals surface area contributed by atoms with E-state index in [2.05, 4.69) is 15.6 Å². The van der Waals surface area contributed by atoms with Crippen molar-refractivity contribution in [2.24, 2.45) is 0 Å². The Morgan fingerprint density at radius 3 is 2.58 bits per heavy atom. The van der Waals surface area contributed by atoms with E-state index in [-0.39, 0.29) is 23.6 Å². The van der Waals surface area contributed by atoms with Gasteiger partial charge in [0.1, 0.15) is 5.82 Å². The van der Waals surface area contributed by atoms with Crippen LogP contribution in [0.1, 0.15) is 29.8 Å². The third kappa shape index (κ3) is 5.38. The number of carbonyl (C=O) groups excluding carboxylic acids is 2. The maximum absolute atomic E-state index is 12.5. The summed E-state index contributed by atoms with van der Waals surface area (Å²) in [6, 6.07) is 11.0. The molecule has 0 aliphatic carbocycles. The van der Waals surface area contributed by atoms with Gasteiger partial charge in [-0.25, -0.2) is 4.98 Å². The van der Waals surface area contributed by atoms with Crippen molar-refractivity contribution in [3.05, 3.63) is 53.7 Å². The summed E-state index contributed by atoms with van der Waals surface area (Å²) in [6.45, 7) is 5.77. The highest BCUT2D eigenvalue weighted by Crippen LogP contribution is 2.23. The fraction of sp³-hybridized carbons (Fsp3) is 0.278. The Morgan fingerprint density at radius 1 is 1.17 bits per heavy atom. The molecule has 0 spiro atoms. The quantitative estimate of drug-likeness (QED) is 0.790. The van der Waals surface area contributed by atoms with Crippen LogP contribution in [0.2, 0.25) is 0 Å². The number of nitrogens with one attached hydrogen (secondary N) is 2. The second-order valence-electron chi connectivity index (χ2n) is 5.68. The van der Waals surface area contributed by atoms with Crippen molar-refractivity contribution >= 4 is 29.4 Å². The Balaban J connectivity index is 2.05. The third-order valence-corrected chi connectivity index (χ3v) is 4.17. The van der Waals surface area contributed by atoms with E-state index in [4.69, 9.17) is 0 Å². The molecule has 0 saturated heterocycles. The smallest absolute Gasteiger partial charge is 0.257 e. The Morgan fingerprint density at radius 2 is 1.92 bits per heavy atom. The van der Waals surface area contributed by atoms with E-state index in [1.807, 2.05) is 39.0 Å². The summed E-state index contributed by atoms with van der Waals surface area (Å²) < 4.78 is 0. The normalized spacial score (nSPS) is 10.5. The number of rotatable bonds is 6. The van der Waals surface area contributed by atoms with Crippen molar-refractivity contribution in [3.63, 3.8) is 0 Å². The number of thioether (sulfide) groups is 1. The number of anilines is 1. The molecule has 1 heterocycles. The lowest BCUT2D eigenvalue weighted by atomic mass is 10.2. The summed E-state index contributed by atoms with van der Waals surface area (Å²) in [5, 5.41) is 5.62. The van der Waals surface area contributed by atoms with Gasteiger partial charge in [0.15, 0.2) is 0 Å². The topological polar surface area (TPSA) is 71.1 Å². The minimum atomic E-state index is -0.237. The van der Waals surface area contributed by atoms with Crippen LogP contribution in [0.5, 0.6) is 0 Å². The van der Waals surface area contributed by atoms with Gasteiger partial charge in [0.05, 0.1) is 11.3 Å². The summed E-state index contributed by atoms with van der Waals surface area (Å²) in [6.07, 6.45) is 1.70. The molecule has 1 aromatic heterocycles. The summed E-state index contributed by atoms with van der Waals surface area (Å²) in [5.74, 6) is 0.484. The lowest BCUT2D eigenvalue weighted by Gasteiger charge is -2.11. The molecule has 0 unspecified atom stereocenters. The predicted octanol–water partition coefficient (Wildman–Crippen LogP) is 3.26. The molecule has 0 aliphatic rings. The fourth-order valence-electron chi connectivity index (χ4n) is 2.01. The minimum Gasteiger partial charge on any atom is -0.353 e. The molecule has 1 aromatic carbocycles. The van der Waals surface area contributed by atoms with Crippen LogP contribution >= 0.6 is 11.8 Å². The Hall–Kier alpha value is -2.34. The summed E-state index contributed by atoms with van der Waals surface area (Å²) in [5.41, 5.74) is 1.56. The largest absolute Gasteiger partial charge is 0.353 e. The molecule has 2 N–H and O–H groups in total. The van der Waals surface area contributed by atoms with Gasteiger partial charge >= 0.3 is 0 Å².